The summed E-state index contributed by atoms with van der Waals surface area (Å²) in [6.45, 7) is 3.33. The molecular formula is C29H30N4O7S2. The topological polar surface area (TPSA) is 158 Å². The summed E-state index contributed by atoms with van der Waals surface area (Å²) in [7, 11) is -1.35. The molecule has 13 heteroatoms. The van der Waals surface area contributed by atoms with Crippen molar-refractivity contribution in [1.82, 2.24) is 4.73 Å². The van der Waals surface area contributed by atoms with Crippen LogP contribution in [0.25, 0.3) is 22.3 Å². The number of nitriles is 1. The minimum atomic E-state index is -1.35. The summed E-state index contributed by atoms with van der Waals surface area (Å²) >= 11 is 5.71. The van der Waals surface area contributed by atoms with E-state index in [1.807, 2.05) is 0 Å². The van der Waals surface area contributed by atoms with Crippen LogP contribution in [0.5, 0.6) is 0 Å². The molecule has 1 heterocycles. The average molecular weight is 611 g/mol. The normalized spacial score (nSPS) is 11.5. The van der Waals surface area contributed by atoms with E-state index in [0.717, 1.165) is 48.6 Å². The molecule has 0 amide bonds. The highest BCUT2D eigenvalue weighted by molar-refractivity contribution is 7.85. The van der Waals surface area contributed by atoms with Gasteiger partial charge in [0.2, 0.25) is 0 Å². The zero-order valence-corrected chi connectivity index (χ0v) is 24.9. The van der Waals surface area contributed by atoms with Gasteiger partial charge in [-0.05, 0) is 30.2 Å². The number of carbonyl (C=O) groups is 1. The third-order valence-corrected chi connectivity index (χ3v) is 8.35. The SMILES string of the molecule is CCCCCCCCCS(=O)c1ccc(C#N)c(-c2cn(OC(C)=O)cc(-c3cc([N+](=O)[O-])cc([N+](=O)[O-])c3)c2=S)c1. The lowest BCUT2D eigenvalue weighted by Gasteiger charge is -2.14. The van der Waals surface area contributed by atoms with Crippen molar-refractivity contribution in [1.29, 1.82) is 5.26 Å². The predicted octanol–water partition coefficient (Wildman–Crippen LogP) is 7.07. The number of rotatable bonds is 14. The van der Waals surface area contributed by atoms with Crippen molar-refractivity contribution in [3.63, 3.8) is 0 Å². The van der Waals surface area contributed by atoms with Gasteiger partial charge in [-0.3, -0.25) is 24.4 Å². The predicted molar refractivity (Wildman–Crippen MR) is 161 cm³/mol. The zero-order chi connectivity index (χ0) is 30.8. The van der Waals surface area contributed by atoms with Gasteiger partial charge in [0.05, 0.1) is 55.2 Å². The van der Waals surface area contributed by atoms with Gasteiger partial charge in [-0.25, -0.2) is 4.79 Å². The van der Waals surface area contributed by atoms with Crippen LogP contribution in [-0.2, 0) is 15.6 Å². The Morgan fingerprint density at radius 2 is 1.55 bits per heavy atom. The van der Waals surface area contributed by atoms with E-state index in [1.165, 1.54) is 44.6 Å². The molecule has 0 aliphatic rings. The first kappa shape index (κ1) is 32.2. The summed E-state index contributed by atoms with van der Waals surface area (Å²) in [6.07, 6.45) is 10.2. The molecule has 220 valence electrons. The number of non-ortho nitro benzene ring substituents is 2. The van der Waals surface area contributed by atoms with Gasteiger partial charge in [0.25, 0.3) is 11.4 Å². The Kier molecular flexibility index (Phi) is 11.6. The smallest absolute Gasteiger partial charge is 0.329 e. The number of aromatic nitrogens is 1. The first-order valence-corrected chi connectivity index (χ1v) is 15.1. The van der Waals surface area contributed by atoms with Crippen LogP contribution in [0, 0.1) is 36.1 Å². The number of hydrogen-bond acceptors (Lipinski definition) is 9. The first-order chi connectivity index (χ1) is 20.0. The van der Waals surface area contributed by atoms with E-state index >= 15 is 0 Å². The van der Waals surface area contributed by atoms with Crippen molar-refractivity contribution in [2.75, 3.05) is 5.75 Å². The summed E-state index contributed by atoms with van der Waals surface area (Å²) < 4.78 is 14.3. The van der Waals surface area contributed by atoms with Crippen LogP contribution in [0.1, 0.15) is 64.4 Å². The fourth-order valence-corrected chi connectivity index (χ4v) is 5.91. The van der Waals surface area contributed by atoms with Crippen LogP contribution in [0.3, 0.4) is 0 Å². The quantitative estimate of drug-likeness (QED) is 0.0805. The summed E-state index contributed by atoms with van der Waals surface area (Å²) in [4.78, 5) is 39.0. The molecular weight excluding hydrogens is 580 g/mol. The number of carbonyl (C=O) groups excluding carboxylic acids is 1. The van der Waals surface area contributed by atoms with Crippen molar-refractivity contribution < 1.29 is 23.7 Å². The highest BCUT2D eigenvalue weighted by Crippen LogP contribution is 2.35. The molecule has 3 rings (SSSR count). The van der Waals surface area contributed by atoms with Crippen LogP contribution < -0.4 is 4.84 Å². The highest BCUT2D eigenvalue weighted by Gasteiger charge is 2.21. The van der Waals surface area contributed by atoms with E-state index in [-0.39, 0.29) is 26.8 Å². The van der Waals surface area contributed by atoms with E-state index in [2.05, 4.69) is 13.0 Å². The van der Waals surface area contributed by atoms with E-state index in [0.29, 0.717) is 16.2 Å². The van der Waals surface area contributed by atoms with Gasteiger partial charge in [-0.15, -0.1) is 0 Å². The maximum absolute atomic E-state index is 13.2. The Morgan fingerprint density at radius 1 is 0.952 bits per heavy atom. The maximum Gasteiger partial charge on any atom is 0.329 e. The Hall–Kier alpha value is -4.28. The fraction of sp³-hybridized carbons (Fsp3) is 0.345. The van der Waals surface area contributed by atoms with Crippen LogP contribution in [0.2, 0.25) is 0 Å². The van der Waals surface area contributed by atoms with E-state index < -0.39 is 38.0 Å². The molecule has 1 atom stereocenters. The van der Waals surface area contributed by atoms with E-state index in [1.54, 1.807) is 12.1 Å². The Morgan fingerprint density at radius 3 is 2.12 bits per heavy atom. The second-order valence-corrected chi connectivity index (χ2v) is 11.6. The zero-order valence-electron chi connectivity index (χ0n) is 23.2. The molecule has 2 aromatic carbocycles. The number of unbranched alkanes of at least 4 members (excludes halogenated alkanes) is 6. The number of nitro groups is 2. The molecule has 0 aliphatic carbocycles. The number of nitrogens with zero attached hydrogens (tertiary/aromatic N) is 4. The van der Waals surface area contributed by atoms with Crippen molar-refractivity contribution in [3.05, 3.63) is 79.1 Å². The van der Waals surface area contributed by atoms with E-state index in [4.69, 9.17) is 17.1 Å². The van der Waals surface area contributed by atoms with Crippen LogP contribution in [0.4, 0.5) is 11.4 Å². The van der Waals surface area contributed by atoms with Gasteiger partial charge < -0.3 is 4.84 Å². The molecule has 0 bridgehead atoms. The molecule has 0 spiro atoms. The van der Waals surface area contributed by atoms with Gasteiger partial charge in [0.15, 0.2) is 0 Å². The lowest BCUT2D eigenvalue weighted by molar-refractivity contribution is -0.394. The van der Waals surface area contributed by atoms with Crippen molar-refractivity contribution in [2.45, 2.75) is 63.7 Å². The molecule has 0 saturated carbocycles. The standard InChI is InChI=1S/C29H30N4O7S2/c1-3-4-5-6-7-8-9-12-42(39)25-11-10-21(17-30)26(16-25)28-19-31(40-20(2)34)18-27(29(28)41)22-13-23(32(35)36)15-24(14-22)33(37)38/h10-11,13-16,18-19H,3-9,12H2,1-2H3. The lowest BCUT2D eigenvalue weighted by Crippen LogP contribution is -2.17. The van der Waals surface area contributed by atoms with Gasteiger partial charge >= 0.3 is 5.97 Å². The van der Waals surface area contributed by atoms with Crippen molar-refractivity contribution in [3.8, 4) is 28.3 Å². The van der Waals surface area contributed by atoms with Gasteiger partial charge in [-0.1, -0.05) is 57.7 Å². The minimum Gasteiger partial charge on any atom is -0.337 e. The Bertz CT molecular complexity index is 1600. The van der Waals surface area contributed by atoms with Crippen LogP contribution in [-0.4, -0.2) is 30.5 Å². The molecule has 42 heavy (non-hydrogen) atoms. The minimum absolute atomic E-state index is 0.0424. The molecule has 3 aromatic rings. The van der Waals surface area contributed by atoms with Crippen molar-refractivity contribution in [2.24, 2.45) is 0 Å². The Labute approximate surface area is 250 Å². The molecule has 0 fully saturated rings. The second-order valence-electron chi connectivity index (χ2n) is 9.60. The van der Waals surface area contributed by atoms with Crippen LogP contribution >= 0.6 is 12.2 Å². The Balaban J connectivity index is 2.09. The number of hydrogen-bond donors (Lipinski definition) is 0. The number of nitro benzene ring substituents is 2. The summed E-state index contributed by atoms with van der Waals surface area (Å²) in [5, 5.41) is 32.9. The lowest BCUT2D eigenvalue weighted by atomic mass is 9.98. The first-order valence-electron chi connectivity index (χ1n) is 13.4. The third-order valence-electron chi connectivity index (χ3n) is 6.47. The highest BCUT2D eigenvalue weighted by atomic mass is 32.2. The van der Waals surface area contributed by atoms with Crippen LogP contribution in [0.15, 0.2) is 53.7 Å². The van der Waals surface area contributed by atoms with Gasteiger partial charge in [-0.2, -0.15) is 9.99 Å². The molecule has 1 unspecified atom stereocenters. The van der Waals surface area contributed by atoms with Crippen molar-refractivity contribution >= 4 is 40.4 Å². The maximum atomic E-state index is 13.2. The number of pyridine rings is 1. The third kappa shape index (κ3) is 8.37. The summed E-state index contributed by atoms with van der Waals surface area (Å²) in [6, 6.07) is 9.91. The molecule has 0 N–H and O–H groups in total. The van der Waals surface area contributed by atoms with Gasteiger partial charge in [0.1, 0.15) is 0 Å². The largest absolute Gasteiger partial charge is 0.337 e. The molecule has 0 aliphatic heterocycles. The molecule has 0 radical (unpaired) electrons. The summed E-state index contributed by atoms with van der Waals surface area (Å²) in [5.74, 6) is -0.242. The number of benzene rings is 2. The molecule has 1 aromatic heterocycles. The van der Waals surface area contributed by atoms with Gasteiger partial charge in [0, 0.05) is 46.4 Å². The monoisotopic (exact) mass is 610 g/mol. The molecule has 11 nitrogen and oxygen atoms in total. The fourth-order valence-electron chi connectivity index (χ4n) is 4.41. The second kappa shape index (κ2) is 15.1. The molecule has 0 saturated heterocycles. The van der Waals surface area contributed by atoms with E-state index in [9.17, 15) is 34.5 Å². The summed E-state index contributed by atoms with van der Waals surface area (Å²) in [5.41, 5.74) is -0.138. The average Bonchev–Trinajstić information content (AvgIpc) is 2.96.